The van der Waals surface area contributed by atoms with Gasteiger partial charge in [-0.15, -0.1) is 0 Å². The Balaban J connectivity index is 2.41. The molecule has 0 saturated carbocycles. The molecule has 0 bridgehead atoms. The van der Waals surface area contributed by atoms with Gasteiger partial charge < -0.3 is 15.5 Å². The first-order chi connectivity index (χ1) is 8.17. The van der Waals surface area contributed by atoms with E-state index in [0.29, 0.717) is 12.1 Å². The normalized spacial score (nSPS) is 10.4. The van der Waals surface area contributed by atoms with Gasteiger partial charge in [0.2, 0.25) is 0 Å². The zero-order valence-electron chi connectivity index (χ0n) is 10.7. The molecular weight excluding hydrogens is 216 g/mol. The zero-order chi connectivity index (χ0) is 12.7. The van der Waals surface area contributed by atoms with Crippen LogP contribution in [0, 0.1) is 0 Å². The van der Waals surface area contributed by atoms with Gasteiger partial charge in [0.05, 0.1) is 5.56 Å². The number of pyridine rings is 1. The van der Waals surface area contributed by atoms with Crippen LogP contribution in [-0.2, 0) is 0 Å². The Morgan fingerprint density at radius 2 is 2.24 bits per heavy atom. The number of amides is 1. The van der Waals surface area contributed by atoms with E-state index in [2.05, 4.69) is 27.4 Å². The Morgan fingerprint density at radius 3 is 2.76 bits per heavy atom. The maximum atomic E-state index is 11.7. The third-order valence-corrected chi connectivity index (χ3v) is 2.60. The highest BCUT2D eigenvalue weighted by Gasteiger charge is 2.05. The summed E-state index contributed by atoms with van der Waals surface area (Å²) in [4.78, 5) is 18.0. The van der Waals surface area contributed by atoms with Crippen molar-refractivity contribution in [2.24, 2.45) is 0 Å². The lowest BCUT2D eigenvalue weighted by Crippen LogP contribution is -2.32. The first-order valence-electron chi connectivity index (χ1n) is 5.78. The van der Waals surface area contributed by atoms with Crippen LogP contribution in [0.3, 0.4) is 0 Å². The monoisotopic (exact) mass is 236 g/mol. The Kier molecular flexibility index (Phi) is 5.42. The van der Waals surface area contributed by atoms with Crippen molar-refractivity contribution in [1.29, 1.82) is 0 Å². The van der Waals surface area contributed by atoms with E-state index in [9.17, 15) is 4.79 Å². The number of hydrogen-bond donors (Lipinski definition) is 2. The van der Waals surface area contributed by atoms with Gasteiger partial charge >= 0.3 is 0 Å². The Labute approximate surface area is 102 Å². The van der Waals surface area contributed by atoms with Crippen LogP contribution >= 0.6 is 0 Å². The average molecular weight is 236 g/mol. The molecule has 1 rings (SSSR count). The fourth-order valence-corrected chi connectivity index (χ4v) is 1.30. The second-order valence-corrected chi connectivity index (χ2v) is 3.83. The molecule has 94 valence electrons. The predicted molar refractivity (Wildman–Crippen MR) is 69.3 cm³/mol. The lowest BCUT2D eigenvalue weighted by Gasteiger charge is -2.13. The number of hydrogen-bond acceptors (Lipinski definition) is 4. The topological polar surface area (TPSA) is 57.3 Å². The molecular formula is C12H20N4O. The third kappa shape index (κ3) is 4.40. The molecule has 1 amide bonds. The summed E-state index contributed by atoms with van der Waals surface area (Å²) < 4.78 is 0. The standard InChI is InChI=1S/C12H20N4O/c1-4-16(3)8-7-14-12(17)10-5-6-11(13-2)15-9-10/h5-6,9H,4,7-8H2,1-3H3,(H,13,15)(H,14,17). The maximum absolute atomic E-state index is 11.7. The van der Waals surface area contributed by atoms with Crippen molar-refractivity contribution in [3.63, 3.8) is 0 Å². The zero-order valence-corrected chi connectivity index (χ0v) is 10.7. The van der Waals surface area contributed by atoms with Crippen LogP contribution in [0.5, 0.6) is 0 Å². The minimum atomic E-state index is -0.0790. The van der Waals surface area contributed by atoms with Crippen molar-refractivity contribution >= 4 is 11.7 Å². The van der Waals surface area contributed by atoms with Gasteiger partial charge in [0, 0.05) is 26.3 Å². The number of nitrogens with zero attached hydrogens (tertiary/aromatic N) is 2. The second-order valence-electron chi connectivity index (χ2n) is 3.83. The lowest BCUT2D eigenvalue weighted by molar-refractivity contribution is 0.0950. The van der Waals surface area contributed by atoms with Crippen molar-refractivity contribution in [3.05, 3.63) is 23.9 Å². The minimum Gasteiger partial charge on any atom is -0.373 e. The second kappa shape index (κ2) is 6.85. The molecule has 1 aromatic rings. The molecule has 0 atom stereocenters. The van der Waals surface area contributed by atoms with E-state index >= 15 is 0 Å². The van der Waals surface area contributed by atoms with E-state index in [4.69, 9.17) is 0 Å². The molecule has 17 heavy (non-hydrogen) atoms. The number of anilines is 1. The minimum absolute atomic E-state index is 0.0790. The largest absolute Gasteiger partial charge is 0.373 e. The summed E-state index contributed by atoms with van der Waals surface area (Å²) in [6.45, 7) is 4.57. The first-order valence-corrected chi connectivity index (χ1v) is 5.78. The highest BCUT2D eigenvalue weighted by molar-refractivity contribution is 5.94. The quantitative estimate of drug-likeness (QED) is 0.767. The van der Waals surface area contributed by atoms with E-state index in [-0.39, 0.29) is 5.91 Å². The van der Waals surface area contributed by atoms with Crippen LogP contribution in [0.2, 0.25) is 0 Å². The number of aromatic nitrogens is 1. The molecule has 0 aliphatic carbocycles. The fraction of sp³-hybridized carbons (Fsp3) is 0.500. The van der Waals surface area contributed by atoms with E-state index in [1.807, 2.05) is 7.05 Å². The molecule has 1 heterocycles. The van der Waals surface area contributed by atoms with Gasteiger partial charge in [-0.25, -0.2) is 4.98 Å². The molecule has 0 radical (unpaired) electrons. The molecule has 2 N–H and O–H groups in total. The van der Waals surface area contributed by atoms with Crippen molar-refractivity contribution in [2.75, 3.05) is 39.0 Å². The van der Waals surface area contributed by atoms with Crippen LogP contribution < -0.4 is 10.6 Å². The van der Waals surface area contributed by atoms with Gasteiger partial charge in [-0.2, -0.15) is 0 Å². The first kappa shape index (κ1) is 13.4. The summed E-state index contributed by atoms with van der Waals surface area (Å²) in [6, 6.07) is 3.55. The maximum Gasteiger partial charge on any atom is 0.252 e. The van der Waals surface area contributed by atoms with E-state index in [1.54, 1.807) is 25.4 Å². The van der Waals surface area contributed by atoms with Gasteiger partial charge in [-0.1, -0.05) is 6.92 Å². The molecule has 1 aromatic heterocycles. The van der Waals surface area contributed by atoms with Crippen LogP contribution in [-0.4, -0.2) is 49.5 Å². The molecule has 5 heteroatoms. The van der Waals surface area contributed by atoms with Gasteiger partial charge in [-0.3, -0.25) is 4.79 Å². The van der Waals surface area contributed by atoms with Gasteiger partial charge in [-0.05, 0) is 25.7 Å². The molecule has 0 unspecified atom stereocenters. The summed E-state index contributed by atoms with van der Waals surface area (Å²) in [5, 5.41) is 5.77. The van der Waals surface area contributed by atoms with Crippen LogP contribution in [0.25, 0.3) is 0 Å². The molecule has 0 fully saturated rings. The van der Waals surface area contributed by atoms with E-state index < -0.39 is 0 Å². The average Bonchev–Trinajstić information content (AvgIpc) is 2.38. The van der Waals surface area contributed by atoms with E-state index in [1.165, 1.54) is 0 Å². The Hall–Kier alpha value is -1.62. The fourth-order valence-electron chi connectivity index (χ4n) is 1.30. The molecule has 0 aromatic carbocycles. The molecule has 5 nitrogen and oxygen atoms in total. The van der Waals surface area contributed by atoms with Crippen LogP contribution in [0.4, 0.5) is 5.82 Å². The van der Waals surface area contributed by atoms with Crippen molar-refractivity contribution in [1.82, 2.24) is 15.2 Å². The highest BCUT2D eigenvalue weighted by Crippen LogP contribution is 2.03. The predicted octanol–water partition coefficient (Wildman–Crippen LogP) is 0.805. The van der Waals surface area contributed by atoms with Crippen LogP contribution in [0.1, 0.15) is 17.3 Å². The number of likely N-dealkylation sites (N-methyl/N-ethyl adjacent to an activating group) is 1. The van der Waals surface area contributed by atoms with Crippen molar-refractivity contribution in [3.8, 4) is 0 Å². The molecule has 0 spiro atoms. The van der Waals surface area contributed by atoms with Crippen LogP contribution in [0.15, 0.2) is 18.3 Å². The third-order valence-electron chi connectivity index (χ3n) is 2.60. The number of nitrogens with one attached hydrogen (secondary N) is 2. The molecule has 0 saturated heterocycles. The summed E-state index contributed by atoms with van der Waals surface area (Å²) in [5.74, 6) is 0.678. The van der Waals surface area contributed by atoms with Gasteiger partial charge in [0.25, 0.3) is 5.91 Å². The Morgan fingerprint density at radius 1 is 1.47 bits per heavy atom. The highest BCUT2D eigenvalue weighted by atomic mass is 16.1. The Bertz CT molecular complexity index is 350. The van der Waals surface area contributed by atoms with Gasteiger partial charge in [0.15, 0.2) is 0 Å². The van der Waals surface area contributed by atoms with Crippen molar-refractivity contribution in [2.45, 2.75) is 6.92 Å². The SMILES string of the molecule is CCN(C)CCNC(=O)c1ccc(NC)nc1. The van der Waals surface area contributed by atoms with E-state index in [0.717, 1.165) is 18.9 Å². The van der Waals surface area contributed by atoms with Gasteiger partial charge in [0.1, 0.15) is 5.82 Å². The molecule has 0 aliphatic rings. The summed E-state index contributed by atoms with van der Waals surface area (Å²) >= 11 is 0. The lowest BCUT2D eigenvalue weighted by atomic mass is 10.2. The number of carbonyl (C=O) groups is 1. The number of rotatable bonds is 6. The smallest absolute Gasteiger partial charge is 0.252 e. The molecule has 0 aliphatic heterocycles. The van der Waals surface area contributed by atoms with Crippen molar-refractivity contribution < 1.29 is 4.79 Å². The number of carbonyl (C=O) groups excluding carboxylic acids is 1. The summed E-state index contributed by atoms with van der Waals surface area (Å²) in [5.41, 5.74) is 0.586. The summed E-state index contributed by atoms with van der Waals surface area (Å²) in [6.07, 6.45) is 1.57. The summed E-state index contributed by atoms with van der Waals surface area (Å²) in [7, 11) is 3.82.